The van der Waals surface area contributed by atoms with Crippen molar-refractivity contribution in [1.29, 1.82) is 5.26 Å². The highest BCUT2D eigenvalue weighted by Gasteiger charge is 2.63. The second-order valence-corrected chi connectivity index (χ2v) is 14.1. The van der Waals surface area contributed by atoms with Gasteiger partial charge in [0.1, 0.15) is 18.1 Å². The molecule has 1 spiro atoms. The van der Waals surface area contributed by atoms with E-state index in [9.17, 15) is 10.1 Å². The fraction of sp³-hybridized carbons (Fsp3) is 0.583. The van der Waals surface area contributed by atoms with Gasteiger partial charge in [-0.25, -0.2) is 0 Å². The van der Waals surface area contributed by atoms with E-state index in [2.05, 4.69) is 67.6 Å². The number of amides is 1. The number of rotatable bonds is 6. The van der Waals surface area contributed by atoms with Crippen LogP contribution in [0, 0.1) is 34.5 Å². The molecule has 7 rings (SSSR count). The lowest BCUT2D eigenvalue weighted by Gasteiger charge is -2.62. The molecule has 1 saturated carbocycles. The van der Waals surface area contributed by atoms with Gasteiger partial charge in [-0.15, -0.1) is 0 Å². The number of likely N-dealkylation sites (N-methyl/N-ethyl adjacent to an activating group) is 1. The minimum Gasteiger partial charge on any atom is -0.462 e. The van der Waals surface area contributed by atoms with Crippen LogP contribution in [0.1, 0.15) is 72.6 Å². The standard InChI is InChI=1S/C36H44N6O3/c1-5-29(43)42-18-17-41(20-25(42)13-15-37)34-28-12-14-36(19-24-9-6-7-11-27(24)30-22(2)23(3)31(30)36)33(44)32(28)38-35(39-34)45-21-26-10-8-16-40(26)4/h5-7,9,11,22-23,25-26,30-31H,1,8,10,12-14,16-21H2,2-4H3/t22?,23-,25+,26+,30?,31+,36-/m1/s1. The van der Waals surface area contributed by atoms with Crippen molar-refractivity contribution in [3.8, 4) is 12.1 Å². The number of hydrogen-bond donors (Lipinski definition) is 0. The molecule has 3 fully saturated rings. The van der Waals surface area contributed by atoms with E-state index in [1.54, 1.807) is 4.90 Å². The molecule has 7 atom stereocenters. The van der Waals surface area contributed by atoms with E-state index in [-0.39, 0.29) is 42.1 Å². The molecule has 1 amide bonds. The number of nitriles is 1. The third-order valence-electron chi connectivity index (χ3n) is 12.0. The Hall–Kier alpha value is -3.77. The quantitative estimate of drug-likeness (QED) is 0.444. The van der Waals surface area contributed by atoms with Gasteiger partial charge in [0.25, 0.3) is 0 Å². The molecular formula is C36H44N6O3. The molecule has 236 valence electrons. The Bertz CT molecular complexity index is 1570. The molecule has 5 aliphatic rings. The van der Waals surface area contributed by atoms with Crippen LogP contribution in [0.3, 0.4) is 0 Å². The van der Waals surface area contributed by atoms with Gasteiger partial charge in [-0.1, -0.05) is 44.7 Å². The average Bonchev–Trinajstić information content (AvgIpc) is 3.48. The molecule has 0 radical (unpaired) electrons. The van der Waals surface area contributed by atoms with Crippen molar-refractivity contribution in [3.63, 3.8) is 0 Å². The first kappa shape index (κ1) is 29.9. The molecule has 2 saturated heterocycles. The van der Waals surface area contributed by atoms with Crippen molar-refractivity contribution in [1.82, 2.24) is 19.8 Å². The summed E-state index contributed by atoms with van der Waals surface area (Å²) in [4.78, 5) is 43.7. The summed E-state index contributed by atoms with van der Waals surface area (Å²) in [5, 5.41) is 9.59. The van der Waals surface area contributed by atoms with Crippen molar-refractivity contribution >= 4 is 17.5 Å². The maximum Gasteiger partial charge on any atom is 0.319 e. The molecule has 3 aliphatic carbocycles. The topological polar surface area (TPSA) is 103 Å². The molecule has 9 heteroatoms. The molecule has 2 unspecified atom stereocenters. The number of anilines is 1. The Kier molecular flexibility index (Phi) is 7.67. The summed E-state index contributed by atoms with van der Waals surface area (Å²) in [6.45, 7) is 11.3. The van der Waals surface area contributed by atoms with Gasteiger partial charge in [-0.05, 0) is 86.6 Å². The molecule has 9 nitrogen and oxygen atoms in total. The average molecular weight is 609 g/mol. The number of Topliss-reactive ketones (excluding diaryl/α,β-unsaturated/α-hetero) is 1. The fourth-order valence-corrected chi connectivity index (χ4v) is 9.44. The highest BCUT2D eigenvalue weighted by atomic mass is 16.5. The number of likely N-dealkylation sites (tertiary alicyclic amines) is 1. The highest BCUT2D eigenvalue weighted by molar-refractivity contribution is 6.03. The van der Waals surface area contributed by atoms with Gasteiger partial charge in [0.2, 0.25) is 5.91 Å². The number of carbonyl (C=O) groups excluding carboxylic acids is 2. The van der Waals surface area contributed by atoms with Crippen LogP contribution in [0.2, 0.25) is 0 Å². The molecule has 2 aromatic rings. The predicted octanol–water partition coefficient (Wildman–Crippen LogP) is 4.42. The van der Waals surface area contributed by atoms with Crippen LogP contribution in [0.15, 0.2) is 36.9 Å². The van der Waals surface area contributed by atoms with E-state index in [4.69, 9.17) is 14.7 Å². The van der Waals surface area contributed by atoms with Crippen LogP contribution >= 0.6 is 0 Å². The second kappa shape index (κ2) is 11.5. The maximum atomic E-state index is 15.0. The lowest BCUT2D eigenvalue weighted by Crippen LogP contribution is -2.59. The van der Waals surface area contributed by atoms with Crippen LogP contribution in [-0.4, -0.2) is 83.4 Å². The van der Waals surface area contributed by atoms with Gasteiger partial charge in [0, 0.05) is 36.7 Å². The Labute approximate surface area is 266 Å². The summed E-state index contributed by atoms with van der Waals surface area (Å²) in [6, 6.07) is 11.2. The summed E-state index contributed by atoms with van der Waals surface area (Å²) in [5.74, 6) is 2.32. The van der Waals surface area contributed by atoms with Gasteiger partial charge >= 0.3 is 6.01 Å². The predicted molar refractivity (Wildman–Crippen MR) is 171 cm³/mol. The maximum absolute atomic E-state index is 15.0. The van der Waals surface area contributed by atoms with E-state index >= 15 is 4.79 Å². The summed E-state index contributed by atoms with van der Waals surface area (Å²) in [7, 11) is 2.12. The van der Waals surface area contributed by atoms with E-state index < -0.39 is 5.41 Å². The Morgan fingerprint density at radius 3 is 2.76 bits per heavy atom. The van der Waals surface area contributed by atoms with E-state index in [1.165, 1.54) is 17.2 Å². The molecular weight excluding hydrogens is 564 g/mol. The lowest BCUT2D eigenvalue weighted by atomic mass is 9.41. The summed E-state index contributed by atoms with van der Waals surface area (Å²) in [6.07, 6.45) is 5.94. The van der Waals surface area contributed by atoms with E-state index in [0.717, 1.165) is 43.6 Å². The fourth-order valence-electron chi connectivity index (χ4n) is 9.44. The normalized spacial score (nSPS) is 32.3. The van der Waals surface area contributed by atoms with Crippen molar-refractivity contribution in [2.75, 3.05) is 44.7 Å². The molecule has 45 heavy (non-hydrogen) atoms. The van der Waals surface area contributed by atoms with Crippen LogP contribution in [0.4, 0.5) is 5.82 Å². The zero-order chi connectivity index (χ0) is 31.5. The first-order valence-corrected chi connectivity index (χ1v) is 16.7. The summed E-state index contributed by atoms with van der Waals surface area (Å²) >= 11 is 0. The van der Waals surface area contributed by atoms with Crippen LogP contribution < -0.4 is 9.64 Å². The SMILES string of the molecule is C=CC(=O)N1CCN(c2nc(OC[C@@H]3CCCN3C)nc3c2CC[C@]2(Cc4ccccc4C4C(C)[C@@H](C)[C@@H]42)C3=O)C[C@@H]1CC#N. The van der Waals surface area contributed by atoms with Crippen molar-refractivity contribution in [2.24, 2.45) is 23.2 Å². The molecule has 3 heterocycles. The smallest absolute Gasteiger partial charge is 0.319 e. The molecule has 0 N–H and O–H groups in total. The zero-order valence-electron chi connectivity index (χ0n) is 26.7. The van der Waals surface area contributed by atoms with E-state index in [0.29, 0.717) is 56.1 Å². The third kappa shape index (κ3) is 4.75. The molecule has 2 aliphatic heterocycles. The van der Waals surface area contributed by atoms with Crippen molar-refractivity contribution in [2.45, 2.75) is 70.4 Å². The summed E-state index contributed by atoms with van der Waals surface area (Å²) in [5.41, 5.74) is 3.61. The molecule has 1 aromatic heterocycles. The zero-order valence-corrected chi connectivity index (χ0v) is 26.7. The summed E-state index contributed by atoms with van der Waals surface area (Å²) < 4.78 is 6.32. The highest BCUT2D eigenvalue weighted by Crippen LogP contribution is 2.66. The number of piperazine rings is 1. The lowest BCUT2D eigenvalue weighted by molar-refractivity contribution is -0.128. The number of hydrogen-bond acceptors (Lipinski definition) is 8. The van der Waals surface area contributed by atoms with E-state index in [1.807, 2.05) is 0 Å². The van der Waals surface area contributed by atoms with Crippen LogP contribution in [0.25, 0.3) is 0 Å². The monoisotopic (exact) mass is 608 g/mol. The Morgan fingerprint density at radius 2 is 2.00 bits per heavy atom. The first-order chi connectivity index (χ1) is 21.8. The van der Waals surface area contributed by atoms with Crippen molar-refractivity contribution in [3.05, 3.63) is 59.3 Å². The third-order valence-corrected chi connectivity index (χ3v) is 12.0. The number of fused-ring (bicyclic) bond motifs is 5. The van der Waals surface area contributed by atoms with Gasteiger partial charge in [-0.2, -0.15) is 15.2 Å². The second-order valence-electron chi connectivity index (χ2n) is 14.1. The van der Waals surface area contributed by atoms with Crippen molar-refractivity contribution < 1.29 is 14.3 Å². The molecule has 1 aromatic carbocycles. The molecule has 0 bridgehead atoms. The number of aromatic nitrogens is 2. The number of ketones is 1. The Balaban J connectivity index is 1.28. The van der Waals surface area contributed by atoms with Gasteiger partial charge in [-0.3, -0.25) is 9.59 Å². The first-order valence-electron chi connectivity index (χ1n) is 16.7. The van der Waals surface area contributed by atoms with Gasteiger partial charge in [0.05, 0.1) is 18.5 Å². The minimum absolute atomic E-state index is 0.132. The number of carbonyl (C=O) groups is 2. The van der Waals surface area contributed by atoms with Crippen LogP contribution in [0.5, 0.6) is 6.01 Å². The number of ether oxygens (including phenoxy) is 1. The number of nitrogens with zero attached hydrogens (tertiary/aromatic N) is 6. The Morgan fingerprint density at radius 1 is 1.18 bits per heavy atom. The van der Waals surface area contributed by atoms with Gasteiger partial charge < -0.3 is 19.4 Å². The minimum atomic E-state index is -0.495. The van der Waals surface area contributed by atoms with Gasteiger partial charge in [0.15, 0.2) is 5.78 Å². The number of benzene rings is 1. The van der Waals surface area contributed by atoms with Crippen LogP contribution in [-0.2, 0) is 17.6 Å². The largest absolute Gasteiger partial charge is 0.462 e.